The topological polar surface area (TPSA) is 46.6 Å². The first-order chi connectivity index (χ1) is 9.53. The largest absolute Gasteiger partial charge is 0.415 e. The lowest BCUT2D eigenvalue weighted by atomic mass is 9.96. The molecule has 1 unspecified atom stereocenters. The van der Waals surface area contributed by atoms with Gasteiger partial charge in [0, 0.05) is 19.5 Å². The van der Waals surface area contributed by atoms with Crippen molar-refractivity contribution >= 4 is 12.4 Å². The van der Waals surface area contributed by atoms with Crippen LogP contribution in [0.5, 0.6) is 5.75 Å². The summed E-state index contributed by atoms with van der Waals surface area (Å²) in [5, 5.41) is 0. The smallest absolute Gasteiger partial charge is 0.410 e. The molecule has 0 bridgehead atoms. The molecule has 0 aromatic heterocycles. The minimum absolute atomic E-state index is 0.0348. The van der Waals surface area contributed by atoms with Crippen LogP contribution in [-0.4, -0.2) is 30.4 Å². The Morgan fingerprint density at radius 2 is 2.00 bits per heavy atom. The van der Waals surface area contributed by atoms with Crippen molar-refractivity contribution in [2.45, 2.75) is 40.0 Å². The Morgan fingerprint density at radius 1 is 1.35 bits per heavy atom. The third-order valence-corrected chi connectivity index (χ3v) is 3.37. The van der Waals surface area contributed by atoms with E-state index in [1.807, 2.05) is 45.9 Å². The van der Waals surface area contributed by atoms with Gasteiger partial charge in [0.05, 0.1) is 0 Å². The first-order valence-corrected chi connectivity index (χ1v) is 7.04. The highest BCUT2D eigenvalue weighted by atomic mass is 16.6. The number of nitrogens with zero attached hydrogens (tertiary/aromatic N) is 1. The van der Waals surface area contributed by atoms with Gasteiger partial charge < -0.3 is 14.4 Å². The minimum atomic E-state index is -0.347. The van der Waals surface area contributed by atoms with E-state index in [9.17, 15) is 9.59 Å². The molecular formula is C16H23NO3. The second-order valence-corrected chi connectivity index (χ2v) is 4.88. The lowest BCUT2D eigenvalue weighted by Crippen LogP contribution is -2.33. The number of hydrogen-bond acceptors (Lipinski definition) is 3. The number of benzene rings is 1. The lowest BCUT2D eigenvalue weighted by Gasteiger charge is -2.20. The van der Waals surface area contributed by atoms with Gasteiger partial charge in [-0.3, -0.25) is 0 Å². The lowest BCUT2D eigenvalue weighted by molar-refractivity contribution is -0.108. The standard InChI is InChI=1S/C16H23NO3/c1-5-17(6-2)16(19)20-15-11-12(3)7-8-14(15)13(4)9-10-18/h7-8,10-11,13H,5-6,9H2,1-4H3. The molecule has 20 heavy (non-hydrogen) atoms. The second kappa shape index (κ2) is 7.68. The molecule has 0 radical (unpaired) electrons. The monoisotopic (exact) mass is 277 g/mol. The predicted octanol–water partition coefficient (Wildman–Crippen LogP) is 3.53. The van der Waals surface area contributed by atoms with Crippen molar-refractivity contribution in [2.24, 2.45) is 0 Å². The normalized spacial score (nSPS) is 11.8. The molecule has 0 fully saturated rings. The van der Waals surface area contributed by atoms with Gasteiger partial charge in [-0.25, -0.2) is 4.79 Å². The first-order valence-electron chi connectivity index (χ1n) is 7.04. The van der Waals surface area contributed by atoms with Gasteiger partial charge >= 0.3 is 6.09 Å². The van der Waals surface area contributed by atoms with Crippen LogP contribution in [0.2, 0.25) is 0 Å². The summed E-state index contributed by atoms with van der Waals surface area (Å²) in [6.45, 7) is 8.95. The molecule has 1 rings (SSSR count). The number of carbonyl (C=O) groups excluding carboxylic acids is 2. The average Bonchev–Trinajstić information content (AvgIpc) is 2.40. The third kappa shape index (κ3) is 4.08. The SMILES string of the molecule is CCN(CC)C(=O)Oc1cc(C)ccc1C(C)CC=O. The number of hydrogen-bond donors (Lipinski definition) is 0. The van der Waals surface area contributed by atoms with Gasteiger partial charge in [0.2, 0.25) is 0 Å². The van der Waals surface area contributed by atoms with Crippen LogP contribution < -0.4 is 4.74 Å². The summed E-state index contributed by atoms with van der Waals surface area (Å²) in [5.41, 5.74) is 1.91. The van der Waals surface area contributed by atoms with E-state index in [0.29, 0.717) is 25.3 Å². The molecule has 4 nitrogen and oxygen atoms in total. The summed E-state index contributed by atoms with van der Waals surface area (Å²) in [6, 6.07) is 5.73. The van der Waals surface area contributed by atoms with Gasteiger partial charge in [-0.15, -0.1) is 0 Å². The molecule has 0 saturated heterocycles. The zero-order valence-corrected chi connectivity index (χ0v) is 12.7. The molecular weight excluding hydrogens is 254 g/mol. The summed E-state index contributed by atoms with van der Waals surface area (Å²) in [4.78, 5) is 24.3. The van der Waals surface area contributed by atoms with Crippen molar-refractivity contribution in [1.82, 2.24) is 4.90 Å². The molecule has 0 spiro atoms. The molecule has 0 saturated carbocycles. The Bertz CT molecular complexity index is 467. The zero-order chi connectivity index (χ0) is 15.1. The maximum absolute atomic E-state index is 12.1. The maximum Gasteiger partial charge on any atom is 0.415 e. The predicted molar refractivity (Wildman–Crippen MR) is 79.2 cm³/mol. The van der Waals surface area contributed by atoms with Crippen molar-refractivity contribution in [3.8, 4) is 5.75 Å². The van der Waals surface area contributed by atoms with E-state index in [4.69, 9.17) is 4.74 Å². The molecule has 0 N–H and O–H groups in total. The van der Waals surface area contributed by atoms with Gasteiger partial charge in [0.15, 0.2) is 0 Å². The van der Waals surface area contributed by atoms with Gasteiger partial charge in [0.25, 0.3) is 0 Å². The van der Waals surface area contributed by atoms with Crippen LogP contribution >= 0.6 is 0 Å². The van der Waals surface area contributed by atoms with Gasteiger partial charge in [0.1, 0.15) is 12.0 Å². The van der Waals surface area contributed by atoms with Crippen molar-refractivity contribution < 1.29 is 14.3 Å². The van der Waals surface area contributed by atoms with E-state index in [2.05, 4.69) is 0 Å². The van der Waals surface area contributed by atoms with Crippen LogP contribution in [0.3, 0.4) is 0 Å². The Balaban J connectivity index is 3.00. The van der Waals surface area contributed by atoms with Crippen molar-refractivity contribution in [3.05, 3.63) is 29.3 Å². The maximum atomic E-state index is 12.1. The Hall–Kier alpha value is -1.84. The van der Waals surface area contributed by atoms with Crippen LogP contribution in [0, 0.1) is 6.92 Å². The van der Waals surface area contributed by atoms with Crippen molar-refractivity contribution in [3.63, 3.8) is 0 Å². The van der Waals surface area contributed by atoms with E-state index < -0.39 is 0 Å². The molecule has 0 aliphatic heterocycles. The third-order valence-electron chi connectivity index (χ3n) is 3.37. The molecule has 1 aromatic carbocycles. The molecule has 0 heterocycles. The van der Waals surface area contributed by atoms with Crippen LogP contribution in [-0.2, 0) is 4.79 Å². The number of rotatable bonds is 6. The highest BCUT2D eigenvalue weighted by Crippen LogP contribution is 2.29. The number of carbonyl (C=O) groups is 2. The molecule has 1 amide bonds. The highest BCUT2D eigenvalue weighted by molar-refractivity contribution is 5.71. The summed E-state index contributed by atoms with van der Waals surface area (Å²) in [5.74, 6) is 0.587. The molecule has 0 aliphatic rings. The number of ether oxygens (including phenoxy) is 1. The molecule has 0 aliphatic carbocycles. The Kier molecular flexibility index (Phi) is 6.22. The summed E-state index contributed by atoms with van der Waals surface area (Å²) >= 11 is 0. The highest BCUT2D eigenvalue weighted by Gasteiger charge is 2.17. The summed E-state index contributed by atoms with van der Waals surface area (Å²) in [7, 11) is 0. The van der Waals surface area contributed by atoms with E-state index in [-0.39, 0.29) is 12.0 Å². The fourth-order valence-electron chi connectivity index (χ4n) is 2.05. The first kappa shape index (κ1) is 16.2. The zero-order valence-electron chi connectivity index (χ0n) is 12.7. The molecule has 1 atom stereocenters. The van der Waals surface area contributed by atoms with E-state index in [1.165, 1.54) is 0 Å². The van der Waals surface area contributed by atoms with Crippen LogP contribution in [0.15, 0.2) is 18.2 Å². The molecule has 1 aromatic rings. The number of aldehydes is 1. The Labute approximate surface area is 120 Å². The summed E-state index contributed by atoms with van der Waals surface area (Å²) < 4.78 is 5.51. The summed E-state index contributed by atoms with van der Waals surface area (Å²) in [6.07, 6.45) is 0.958. The van der Waals surface area contributed by atoms with Crippen LogP contribution in [0.25, 0.3) is 0 Å². The second-order valence-electron chi connectivity index (χ2n) is 4.88. The van der Waals surface area contributed by atoms with Gasteiger partial charge in [-0.05, 0) is 43.9 Å². The molecule has 110 valence electrons. The average molecular weight is 277 g/mol. The fraction of sp³-hybridized carbons (Fsp3) is 0.500. The van der Waals surface area contributed by atoms with Crippen LogP contribution in [0.4, 0.5) is 4.79 Å². The van der Waals surface area contributed by atoms with E-state index in [0.717, 1.165) is 17.4 Å². The van der Waals surface area contributed by atoms with Crippen molar-refractivity contribution in [1.29, 1.82) is 0 Å². The quantitative estimate of drug-likeness (QED) is 0.747. The minimum Gasteiger partial charge on any atom is -0.410 e. The number of amides is 1. The van der Waals surface area contributed by atoms with Crippen LogP contribution in [0.1, 0.15) is 44.2 Å². The van der Waals surface area contributed by atoms with E-state index >= 15 is 0 Å². The molecule has 4 heteroatoms. The van der Waals surface area contributed by atoms with Gasteiger partial charge in [-0.2, -0.15) is 0 Å². The van der Waals surface area contributed by atoms with E-state index in [1.54, 1.807) is 4.90 Å². The Morgan fingerprint density at radius 3 is 2.55 bits per heavy atom. The fourth-order valence-corrected chi connectivity index (χ4v) is 2.05. The van der Waals surface area contributed by atoms with Gasteiger partial charge in [-0.1, -0.05) is 19.1 Å². The van der Waals surface area contributed by atoms with Crippen molar-refractivity contribution in [2.75, 3.05) is 13.1 Å². The number of aryl methyl sites for hydroxylation is 1.